The van der Waals surface area contributed by atoms with Gasteiger partial charge in [0, 0.05) is 37.5 Å². The molecule has 2 bridgehead atoms. The summed E-state index contributed by atoms with van der Waals surface area (Å²) in [6, 6.07) is 7.25. The molecule has 0 radical (unpaired) electrons. The van der Waals surface area contributed by atoms with E-state index >= 15 is 0 Å². The van der Waals surface area contributed by atoms with Crippen LogP contribution < -0.4 is 0 Å². The first-order valence-corrected chi connectivity index (χ1v) is 16.0. The topological polar surface area (TPSA) is 98.2 Å². The van der Waals surface area contributed by atoms with E-state index in [4.69, 9.17) is 0 Å². The number of imide groups is 1. The maximum atomic E-state index is 14.1. The molecule has 9 heteroatoms. The average Bonchev–Trinajstić information content (AvgIpc) is 3.61. The lowest BCUT2D eigenvalue weighted by Crippen LogP contribution is -2.57. The molecular formula is C29H39N3O5S. The van der Waals surface area contributed by atoms with E-state index in [9.17, 15) is 23.1 Å². The van der Waals surface area contributed by atoms with Crippen LogP contribution in [-0.2, 0) is 26.7 Å². The second kappa shape index (κ2) is 8.04. The largest absolute Gasteiger partial charge is 0.391 e. The summed E-state index contributed by atoms with van der Waals surface area (Å²) in [5, 5.41) is 10.0. The highest BCUT2D eigenvalue weighted by molar-refractivity contribution is 7.89. The molecule has 1 aromatic rings. The monoisotopic (exact) mass is 541 g/mol. The highest BCUT2D eigenvalue weighted by atomic mass is 32.2. The quantitative estimate of drug-likeness (QED) is 0.591. The van der Waals surface area contributed by atoms with Crippen LogP contribution in [0.3, 0.4) is 0 Å². The summed E-state index contributed by atoms with van der Waals surface area (Å²) >= 11 is 0. The van der Waals surface area contributed by atoms with Crippen molar-refractivity contribution >= 4 is 22.0 Å². The number of benzene rings is 1. The number of carbonyl (C=O) groups is 2. The lowest BCUT2D eigenvalue weighted by atomic mass is 9.68. The normalized spacial score (nSPS) is 37.4. The Balaban J connectivity index is 1.15. The van der Waals surface area contributed by atoms with E-state index in [0.717, 1.165) is 32.1 Å². The Bertz CT molecular complexity index is 1280. The highest BCUT2D eigenvalue weighted by Crippen LogP contribution is 2.68. The van der Waals surface area contributed by atoms with Gasteiger partial charge in [-0.3, -0.25) is 9.69 Å². The number of rotatable bonds is 4. The molecule has 2 unspecified atom stereocenters. The minimum absolute atomic E-state index is 0.0118. The van der Waals surface area contributed by atoms with Gasteiger partial charge in [0.05, 0.1) is 11.9 Å². The van der Waals surface area contributed by atoms with Crippen molar-refractivity contribution in [1.82, 2.24) is 14.1 Å². The molecule has 5 fully saturated rings. The maximum absolute atomic E-state index is 14.1. The molecule has 1 N–H and O–H groups in total. The molecule has 3 heterocycles. The zero-order valence-electron chi connectivity index (χ0n) is 22.4. The van der Waals surface area contributed by atoms with Gasteiger partial charge >= 0.3 is 6.03 Å². The van der Waals surface area contributed by atoms with Crippen LogP contribution in [0, 0.1) is 16.7 Å². The molecule has 3 saturated heterocycles. The minimum atomic E-state index is -3.60. The number of amides is 3. The van der Waals surface area contributed by atoms with Crippen LogP contribution >= 0.6 is 0 Å². The lowest BCUT2D eigenvalue weighted by Gasteiger charge is -2.46. The number of sulfonamides is 1. The molecule has 3 aliphatic carbocycles. The average molecular weight is 542 g/mol. The third kappa shape index (κ3) is 3.18. The number of hydrogen-bond acceptors (Lipinski definition) is 5. The van der Waals surface area contributed by atoms with Crippen LogP contribution in [0.4, 0.5) is 4.79 Å². The van der Waals surface area contributed by atoms with Crippen LogP contribution in [0.5, 0.6) is 0 Å². The van der Waals surface area contributed by atoms with Crippen molar-refractivity contribution in [2.75, 3.05) is 25.4 Å². The SMILES string of the molecule is CC1(C)[C@@H]2CC[C@@]1(CS(=O)(=O)N1CCC3(CCc4ccccc43)CC1)[C@@H](N1C(=O)C3CC(O)CN3C1=O)C2. The van der Waals surface area contributed by atoms with Crippen molar-refractivity contribution in [3.05, 3.63) is 35.4 Å². The predicted octanol–water partition coefficient (Wildman–Crippen LogP) is 2.89. The van der Waals surface area contributed by atoms with Crippen molar-refractivity contribution in [3.8, 4) is 0 Å². The number of carbonyl (C=O) groups excluding carboxylic acids is 2. The second-order valence-corrected chi connectivity index (χ2v) is 15.5. The van der Waals surface area contributed by atoms with Gasteiger partial charge in [-0.15, -0.1) is 0 Å². The van der Waals surface area contributed by atoms with Crippen molar-refractivity contribution < 1.29 is 23.1 Å². The molecule has 1 spiro atoms. The van der Waals surface area contributed by atoms with Gasteiger partial charge in [-0.25, -0.2) is 17.5 Å². The number of nitrogens with zero attached hydrogens (tertiary/aromatic N) is 3. The Morgan fingerprint density at radius 3 is 2.47 bits per heavy atom. The molecule has 2 saturated carbocycles. The van der Waals surface area contributed by atoms with Crippen LogP contribution in [0.2, 0.25) is 0 Å². The molecule has 0 aromatic heterocycles. The van der Waals surface area contributed by atoms with Gasteiger partial charge in [-0.1, -0.05) is 38.1 Å². The Kier molecular flexibility index (Phi) is 5.30. The number of aliphatic hydroxyl groups excluding tert-OH is 1. The molecule has 6 aliphatic rings. The van der Waals surface area contributed by atoms with E-state index in [1.165, 1.54) is 20.9 Å². The predicted molar refractivity (Wildman–Crippen MR) is 142 cm³/mol. The first-order valence-electron chi connectivity index (χ1n) is 14.4. The van der Waals surface area contributed by atoms with Gasteiger partial charge in [0.2, 0.25) is 10.0 Å². The fourth-order valence-electron chi connectivity index (χ4n) is 9.56. The number of aliphatic hydroxyl groups is 1. The van der Waals surface area contributed by atoms with E-state index < -0.39 is 33.6 Å². The number of hydrogen-bond donors (Lipinski definition) is 1. The molecule has 8 nitrogen and oxygen atoms in total. The highest BCUT2D eigenvalue weighted by Gasteiger charge is 2.70. The van der Waals surface area contributed by atoms with Gasteiger partial charge < -0.3 is 10.0 Å². The van der Waals surface area contributed by atoms with E-state index in [1.54, 1.807) is 4.31 Å². The molecule has 3 amide bonds. The van der Waals surface area contributed by atoms with Crippen LogP contribution in [0.1, 0.15) is 69.9 Å². The smallest absolute Gasteiger partial charge is 0.327 e. The van der Waals surface area contributed by atoms with Crippen molar-refractivity contribution in [1.29, 1.82) is 0 Å². The Morgan fingerprint density at radius 1 is 1.03 bits per heavy atom. The summed E-state index contributed by atoms with van der Waals surface area (Å²) in [6.07, 6.45) is 5.75. The summed E-state index contributed by atoms with van der Waals surface area (Å²) < 4.78 is 29.9. The van der Waals surface area contributed by atoms with Crippen molar-refractivity contribution in [2.24, 2.45) is 16.7 Å². The van der Waals surface area contributed by atoms with Gasteiger partial charge in [-0.05, 0) is 72.8 Å². The number of piperidine rings is 1. The second-order valence-electron chi connectivity index (χ2n) is 13.5. The van der Waals surface area contributed by atoms with Crippen LogP contribution in [-0.4, -0.2) is 83.1 Å². The van der Waals surface area contributed by atoms with Crippen molar-refractivity contribution in [2.45, 2.75) is 88.8 Å². The summed E-state index contributed by atoms with van der Waals surface area (Å²) in [6.45, 7) is 5.52. The Hall–Kier alpha value is -1.97. The molecule has 5 atom stereocenters. The fraction of sp³-hybridized carbons (Fsp3) is 0.724. The third-order valence-corrected chi connectivity index (χ3v) is 14.0. The van der Waals surface area contributed by atoms with Crippen LogP contribution in [0.15, 0.2) is 24.3 Å². The molecule has 38 heavy (non-hydrogen) atoms. The molecular weight excluding hydrogens is 502 g/mol. The lowest BCUT2D eigenvalue weighted by molar-refractivity contribution is -0.131. The van der Waals surface area contributed by atoms with E-state index in [2.05, 4.69) is 38.1 Å². The number of aryl methyl sites for hydroxylation is 1. The first kappa shape index (κ1) is 25.0. The standard InChI is InChI=1S/C29H39N3O5S/c1-27(2)20-8-10-29(27,24(15-20)32-25(34)23-16-21(33)17-31(23)26(32)35)18-38(36,37)30-13-11-28(12-14-30)9-7-19-5-3-4-6-22(19)28/h3-6,20-21,23-24,33H,7-18H2,1-2H3/t20-,21?,23?,24+,29-/m1/s1. The Morgan fingerprint density at radius 2 is 1.76 bits per heavy atom. The van der Waals surface area contributed by atoms with E-state index in [-0.39, 0.29) is 47.4 Å². The number of fused-ring (bicyclic) bond motifs is 5. The van der Waals surface area contributed by atoms with Crippen molar-refractivity contribution in [3.63, 3.8) is 0 Å². The molecule has 7 rings (SSSR count). The summed E-state index contributed by atoms with van der Waals surface area (Å²) in [4.78, 5) is 29.8. The fourth-order valence-corrected chi connectivity index (χ4v) is 11.8. The third-order valence-electron chi connectivity index (χ3n) is 11.9. The zero-order valence-corrected chi connectivity index (χ0v) is 23.3. The van der Waals surface area contributed by atoms with Gasteiger partial charge in [0.25, 0.3) is 5.91 Å². The first-order chi connectivity index (χ1) is 18.0. The van der Waals surface area contributed by atoms with E-state index in [1.807, 2.05) is 0 Å². The number of urea groups is 1. The van der Waals surface area contributed by atoms with Gasteiger partial charge in [-0.2, -0.15) is 0 Å². The van der Waals surface area contributed by atoms with E-state index in [0.29, 0.717) is 25.9 Å². The summed E-state index contributed by atoms with van der Waals surface area (Å²) in [5.74, 6) is 0.0164. The zero-order chi connectivity index (χ0) is 26.7. The van der Waals surface area contributed by atoms with Gasteiger partial charge in [0.1, 0.15) is 6.04 Å². The van der Waals surface area contributed by atoms with Gasteiger partial charge in [0.15, 0.2) is 0 Å². The molecule has 3 aliphatic heterocycles. The molecule has 1 aromatic carbocycles. The Labute approximate surface area is 225 Å². The molecule has 206 valence electrons. The maximum Gasteiger partial charge on any atom is 0.327 e. The summed E-state index contributed by atoms with van der Waals surface area (Å²) in [7, 11) is -3.60. The minimum Gasteiger partial charge on any atom is -0.391 e. The summed E-state index contributed by atoms with van der Waals surface area (Å²) in [5.41, 5.74) is 1.94. The van der Waals surface area contributed by atoms with Crippen LogP contribution in [0.25, 0.3) is 0 Å².